The molecule has 0 spiro atoms. The summed E-state index contributed by atoms with van der Waals surface area (Å²) in [6.45, 7) is 6.60. The van der Waals surface area contributed by atoms with Crippen LogP contribution in [0.15, 0.2) is 24.3 Å². The maximum absolute atomic E-state index is 12.5. The molecule has 0 radical (unpaired) electrons. The van der Waals surface area contributed by atoms with Gasteiger partial charge in [0.05, 0.1) is 17.9 Å². The molecule has 138 valence electrons. The Labute approximate surface area is 151 Å². The molecule has 0 bridgehead atoms. The number of aliphatic hydroxyl groups excluding tert-OH is 1. The van der Waals surface area contributed by atoms with Gasteiger partial charge in [0.15, 0.2) is 0 Å². The molecule has 5 heteroatoms. The SMILES string of the molecule is CC1CCN(C(=O)CNc2ccccc2N2CCC(CO)CC2)CC1. The molecular formula is C20H31N3O2. The molecule has 2 fully saturated rings. The van der Waals surface area contributed by atoms with Gasteiger partial charge in [-0.1, -0.05) is 19.1 Å². The first-order valence-electron chi connectivity index (χ1n) is 9.64. The van der Waals surface area contributed by atoms with Crippen molar-refractivity contribution in [3.8, 4) is 0 Å². The van der Waals surface area contributed by atoms with Gasteiger partial charge in [-0.3, -0.25) is 4.79 Å². The van der Waals surface area contributed by atoms with Crippen LogP contribution in [0.4, 0.5) is 11.4 Å². The minimum atomic E-state index is 0.195. The Bertz CT molecular complexity index is 562. The second kappa shape index (κ2) is 8.56. The van der Waals surface area contributed by atoms with Gasteiger partial charge in [0.25, 0.3) is 0 Å². The summed E-state index contributed by atoms with van der Waals surface area (Å²) in [5.41, 5.74) is 2.20. The van der Waals surface area contributed by atoms with Crippen molar-refractivity contribution in [1.82, 2.24) is 4.90 Å². The second-order valence-electron chi connectivity index (χ2n) is 7.55. The molecular weight excluding hydrogens is 314 g/mol. The summed E-state index contributed by atoms with van der Waals surface area (Å²) in [6.07, 6.45) is 4.27. The molecule has 1 aromatic rings. The van der Waals surface area contributed by atoms with Crippen LogP contribution in [0.5, 0.6) is 0 Å². The molecule has 2 heterocycles. The predicted molar refractivity (Wildman–Crippen MR) is 102 cm³/mol. The van der Waals surface area contributed by atoms with E-state index in [4.69, 9.17) is 0 Å². The lowest BCUT2D eigenvalue weighted by molar-refractivity contribution is -0.130. The predicted octanol–water partition coefficient (Wildman–Crippen LogP) is 2.57. The number of nitrogens with zero attached hydrogens (tertiary/aromatic N) is 2. The summed E-state index contributed by atoms with van der Waals surface area (Å²) in [5, 5.41) is 12.7. The standard InChI is InChI=1S/C20H31N3O2/c1-16-6-10-23(11-7-16)20(25)14-21-18-4-2-3-5-19(18)22-12-8-17(15-24)9-13-22/h2-5,16-17,21,24H,6-15H2,1H3. The molecule has 2 N–H and O–H groups in total. The van der Waals surface area contributed by atoms with Crippen LogP contribution < -0.4 is 10.2 Å². The van der Waals surface area contributed by atoms with Crippen molar-refractivity contribution in [2.45, 2.75) is 32.6 Å². The van der Waals surface area contributed by atoms with Crippen LogP contribution in [0.2, 0.25) is 0 Å². The highest BCUT2D eigenvalue weighted by Crippen LogP contribution is 2.29. The molecule has 25 heavy (non-hydrogen) atoms. The van der Waals surface area contributed by atoms with Crippen molar-refractivity contribution in [1.29, 1.82) is 0 Å². The molecule has 0 unspecified atom stereocenters. The average Bonchev–Trinajstić information content (AvgIpc) is 2.67. The van der Waals surface area contributed by atoms with Gasteiger partial charge in [0.1, 0.15) is 0 Å². The van der Waals surface area contributed by atoms with Crippen molar-refractivity contribution in [3.05, 3.63) is 24.3 Å². The van der Waals surface area contributed by atoms with Crippen LogP contribution in [0.25, 0.3) is 0 Å². The minimum Gasteiger partial charge on any atom is -0.396 e. The Balaban J connectivity index is 1.57. The van der Waals surface area contributed by atoms with Gasteiger partial charge in [-0.05, 0) is 49.7 Å². The van der Waals surface area contributed by atoms with E-state index >= 15 is 0 Å². The van der Waals surface area contributed by atoms with Gasteiger partial charge < -0.3 is 20.2 Å². The van der Waals surface area contributed by atoms with Crippen molar-refractivity contribution in [2.75, 3.05) is 49.5 Å². The van der Waals surface area contributed by atoms with Crippen LogP contribution >= 0.6 is 0 Å². The van der Waals surface area contributed by atoms with Crippen molar-refractivity contribution >= 4 is 17.3 Å². The number of carbonyl (C=O) groups is 1. The van der Waals surface area contributed by atoms with Gasteiger partial charge in [-0.25, -0.2) is 0 Å². The van der Waals surface area contributed by atoms with E-state index in [1.807, 2.05) is 17.0 Å². The molecule has 0 atom stereocenters. The lowest BCUT2D eigenvalue weighted by Crippen LogP contribution is -2.41. The fourth-order valence-corrected chi connectivity index (χ4v) is 3.80. The number of para-hydroxylation sites is 2. The summed E-state index contributed by atoms with van der Waals surface area (Å²) in [4.78, 5) is 16.8. The van der Waals surface area contributed by atoms with E-state index in [1.54, 1.807) is 0 Å². The quantitative estimate of drug-likeness (QED) is 0.861. The van der Waals surface area contributed by atoms with Crippen molar-refractivity contribution in [2.24, 2.45) is 11.8 Å². The Hall–Kier alpha value is -1.75. The second-order valence-corrected chi connectivity index (χ2v) is 7.55. The third-order valence-electron chi connectivity index (χ3n) is 5.68. The average molecular weight is 345 g/mol. The third kappa shape index (κ3) is 4.66. The normalized spacial score (nSPS) is 19.9. The summed E-state index contributed by atoms with van der Waals surface area (Å²) in [6, 6.07) is 8.24. The molecule has 3 rings (SSSR count). The number of aliphatic hydroxyl groups is 1. The van der Waals surface area contributed by atoms with Gasteiger partial charge in [-0.2, -0.15) is 0 Å². The number of amides is 1. The molecule has 2 aliphatic heterocycles. The van der Waals surface area contributed by atoms with E-state index in [-0.39, 0.29) is 12.5 Å². The zero-order valence-electron chi connectivity index (χ0n) is 15.3. The first kappa shape index (κ1) is 18.1. The zero-order valence-corrected chi connectivity index (χ0v) is 15.3. The van der Waals surface area contributed by atoms with E-state index in [2.05, 4.69) is 29.3 Å². The van der Waals surface area contributed by atoms with Gasteiger partial charge in [0.2, 0.25) is 5.91 Å². The lowest BCUT2D eigenvalue weighted by Gasteiger charge is -2.34. The maximum Gasteiger partial charge on any atom is 0.241 e. The van der Waals surface area contributed by atoms with Crippen LogP contribution in [0.3, 0.4) is 0 Å². The Morgan fingerprint density at radius 2 is 1.80 bits per heavy atom. The lowest BCUT2D eigenvalue weighted by atomic mass is 9.97. The fraction of sp³-hybridized carbons (Fsp3) is 0.650. The Morgan fingerprint density at radius 1 is 1.12 bits per heavy atom. The molecule has 2 saturated heterocycles. The number of nitrogens with one attached hydrogen (secondary N) is 1. The molecule has 5 nitrogen and oxygen atoms in total. The largest absolute Gasteiger partial charge is 0.396 e. The highest BCUT2D eigenvalue weighted by atomic mass is 16.3. The molecule has 0 aromatic heterocycles. The van der Waals surface area contributed by atoms with E-state index in [1.165, 1.54) is 5.69 Å². The van der Waals surface area contributed by atoms with Crippen LogP contribution in [-0.4, -0.2) is 55.2 Å². The van der Waals surface area contributed by atoms with Crippen LogP contribution in [0, 0.1) is 11.8 Å². The number of piperidine rings is 2. The first-order valence-corrected chi connectivity index (χ1v) is 9.64. The van der Waals surface area contributed by atoms with E-state index in [9.17, 15) is 9.90 Å². The van der Waals surface area contributed by atoms with Crippen LogP contribution in [-0.2, 0) is 4.79 Å². The molecule has 0 aliphatic carbocycles. The van der Waals surface area contributed by atoms with Crippen LogP contribution in [0.1, 0.15) is 32.6 Å². The number of likely N-dealkylation sites (tertiary alicyclic amines) is 1. The molecule has 0 saturated carbocycles. The maximum atomic E-state index is 12.5. The first-order chi connectivity index (χ1) is 12.2. The van der Waals surface area contributed by atoms with Crippen molar-refractivity contribution in [3.63, 3.8) is 0 Å². The smallest absolute Gasteiger partial charge is 0.241 e. The van der Waals surface area contributed by atoms with E-state index in [0.29, 0.717) is 12.5 Å². The number of anilines is 2. The Kier molecular flexibility index (Phi) is 6.19. The third-order valence-corrected chi connectivity index (χ3v) is 5.68. The van der Waals surface area contributed by atoms with Gasteiger partial charge >= 0.3 is 0 Å². The molecule has 1 amide bonds. The number of hydrogen-bond donors (Lipinski definition) is 2. The summed E-state index contributed by atoms with van der Waals surface area (Å²) >= 11 is 0. The fourth-order valence-electron chi connectivity index (χ4n) is 3.80. The van der Waals surface area contributed by atoms with Gasteiger partial charge in [-0.15, -0.1) is 0 Å². The number of rotatable bonds is 5. The highest BCUT2D eigenvalue weighted by molar-refractivity contribution is 5.83. The van der Waals surface area contributed by atoms with E-state index < -0.39 is 0 Å². The summed E-state index contributed by atoms with van der Waals surface area (Å²) in [5.74, 6) is 1.36. The highest BCUT2D eigenvalue weighted by Gasteiger charge is 2.22. The van der Waals surface area contributed by atoms with Crippen molar-refractivity contribution < 1.29 is 9.90 Å². The number of benzene rings is 1. The van der Waals surface area contributed by atoms with Gasteiger partial charge in [0, 0.05) is 32.8 Å². The number of carbonyl (C=O) groups excluding carboxylic acids is 1. The summed E-state index contributed by atoms with van der Waals surface area (Å²) < 4.78 is 0. The summed E-state index contributed by atoms with van der Waals surface area (Å²) in [7, 11) is 0. The number of hydrogen-bond acceptors (Lipinski definition) is 4. The topological polar surface area (TPSA) is 55.8 Å². The molecule has 2 aliphatic rings. The molecule has 1 aromatic carbocycles. The monoisotopic (exact) mass is 345 g/mol. The minimum absolute atomic E-state index is 0.195. The Morgan fingerprint density at radius 3 is 2.48 bits per heavy atom. The zero-order chi connectivity index (χ0) is 17.6. The van der Waals surface area contributed by atoms with E-state index in [0.717, 1.165) is 63.5 Å².